The fraction of sp³-hybridized carbons (Fsp3) is 0.500. The molecule has 0 radical (unpaired) electrons. The lowest BCUT2D eigenvalue weighted by atomic mass is 9.99. The first kappa shape index (κ1) is 15.9. The Morgan fingerprint density at radius 1 is 1.43 bits per heavy atom. The van der Waals surface area contributed by atoms with Crippen LogP contribution in [0, 0.1) is 0 Å². The van der Waals surface area contributed by atoms with Gasteiger partial charge < -0.3 is 9.64 Å². The molecule has 7 heteroatoms. The molecule has 1 aliphatic heterocycles. The van der Waals surface area contributed by atoms with Gasteiger partial charge in [-0.05, 0) is 11.6 Å². The van der Waals surface area contributed by atoms with Gasteiger partial charge in [-0.3, -0.25) is 4.79 Å². The minimum absolute atomic E-state index is 0.0765. The molecular formula is C14H20N2O4S. The Morgan fingerprint density at radius 2 is 2.10 bits per heavy atom. The topological polar surface area (TPSA) is 66.9 Å². The molecule has 2 rings (SSSR count). The zero-order chi connectivity index (χ0) is 15.6. The summed E-state index contributed by atoms with van der Waals surface area (Å²) in [5.74, 6) is -0.253. The van der Waals surface area contributed by atoms with Gasteiger partial charge in [0.05, 0.1) is 25.4 Å². The summed E-state index contributed by atoms with van der Waals surface area (Å²) in [6.07, 6.45) is 1.76. The number of para-hydroxylation sites is 1. The molecule has 0 saturated carbocycles. The molecule has 0 spiro atoms. The summed E-state index contributed by atoms with van der Waals surface area (Å²) in [4.78, 5) is 14.0. The summed E-state index contributed by atoms with van der Waals surface area (Å²) in [5.41, 5.74) is 1.86. The van der Waals surface area contributed by atoms with E-state index >= 15 is 0 Å². The molecule has 6 nitrogen and oxygen atoms in total. The summed E-state index contributed by atoms with van der Waals surface area (Å²) < 4.78 is 29.3. The van der Waals surface area contributed by atoms with Gasteiger partial charge in [0.25, 0.3) is 0 Å². The molecular weight excluding hydrogens is 292 g/mol. The first-order chi connectivity index (χ1) is 9.82. The Labute approximate surface area is 125 Å². The van der Waals surface area contributed by atoms with Gasteiger partial charge in [-0.2, -0.15) is 4.31 Å². The molecule has 1 unspecified atom stereocenters. The maximum atomic E-state index is 12.4. The van der Waals surface area contributed by atoms with Crippen LogP contribution < -0.4 is 4.90 Å². The van der Waals surface area contributed by atoms with Crippen molar-refractivity contribution in [2.75, 3.05) is 38.4 Å². The quantitative estimate of drug-likeness (QED) is 0.811. The zero-order valence-electron chi connectivity index (χ0n) is 12.4. The van der Waals surface area contributed by atoms with Crippen molar-refractivity contribution in [2.45, 2.75) is 12.5 Å². The maximum Gasteiger partial charge on any atom is 0.242 e. The highest BCUT2D eigenvalue weighted by molar-refractivity contribution is 7.88. The van der Waals surface area contributed by atoms with E-state index in [0.29, 0.717) is 6.54 Å². The SMILES string of the molecule is COC1Cc2ccccc2N(C(=O)CN(C)S(C)(=O)=O)C1. The number of anilines is 1. The van der Waals surface area contributed by atoms with Crippen LogP contribution in [0.2, 0.25) is 0 Å². The van der Waals surface area contributed by atoms with Crippen molar-refractivity contribution in [2.24, 2.45) is 0 Å². The van der Waals surface area contributed by atoms with Gasteiger partial charge in [0.2, 0.25) is 15.9 Å². The Balaban J connectivity index is 2.24. The third-order valence-corrected chi connectivity index (χ3v) is 4.94. The molecule has 0 saturated heterocycles. The summed E-state index contributed by atoms with van der Waals surface area (Å²) in [6, 6.07) is 7.62. The molecule has 1 heterocycles. The molecule has 1 aromatic rings. The number of fused-ring (bicyclic) bond motifs is 1. The normalized spacial score (nSPS) is 18.7. The fourth-order valence-corrected chi connectivity index (χ4v) is 2.69. The largest absolute Gasteiger partial charge is 0.379 e. The van der Waals surface area contributed by atoms with E-state index in [1.54, 1.807) is 12.0 Å². The minimum Gasteiger partial charge on any atom is -0.379 e. The number of carbonyl (C=O) groups is 1. The Kier molecular flexibility index (Phi) is 4.65. The second kappa shape index (κ2) is 6.13. The smallest absolute Gasteiger partial charge is 0.242 e. The Morgan fingerprint density at radius 3 is 2.71 bits per heavy atom. The van der Waals surface area contributed by atoms with E-state index in [2.05, 4.69) is 0 Å². The molecule has 1 aliphatic rings. The van der Waals surface area contributed by atoms with Crippen molar-refractivity contribution in [1.82, 2.24) is 4.31 Å². The van der Waals surface area contributed by atoms with Crippen LogP contribution in [0.4, 0.5) is 5.69 Å². The van der Waals surface area contributed by atoms with Crippen molar-refractivity contribution in [3.05, 3.63) is 29.8 Å². The van der Waals surface area contributed by atoms with Gasteiger partial charge in [0.1, 0.15) is 0 Å². The number of amides is 1. The third-order valence-electron chi connectivity index (χ3n) is 3.67. The van der Waals surface area contributed by atoms with Crippen molar-refractivity contribution in [3.8, 4) is 0 Å². The Bertz CT molecular complexity index is 630. The molecule has 1 aromatic carbocycles. The van der Waals surface area contributed by atoms with Crippen molar-refractivity contribution >= 4 is 21.6 Å². The fourth-order valence-electron chi connectivity index (χ4n) is 2.35. The van der Waals surface area contributed by atoms with Crippen LogP contribution in [-0.4, -0.2) is 58.2 Å². The summed E-state index contributed by atoms with van der Waals surface area (Å²) in [7, 11) is -0.364. The van der Waals surface area contributed by atoms with E-state index in [9.17, 15) is 13.2 Å². The van der Waals surface area contributed by atoms with Gasteiger partial charge in [0, 0.05) is 26.3 Å². The molecule has 116 valence electrons. The molecule has 0 aromatic heterocycles. The molecule has 0 fully saturated rings. The molecule has 0 bridgehead atoms. The monoisotopic (exact) mass is 312 g/mol. The third kappa shape index (κ3) is 3.61. The maximum absolute atomic E-state index is 12.4. The second-order valence-corrected chi connectivity index (χ2v) is 7.30. The zero-order valence-corrected chi connectivity index (χ0v) is 13.3. The van der Waals surface area contributed by atoms with Gasteiger partial charge >= 0.3 is 0 Å². The van der Waals surface area contributed by atoms with E-state index < -0.39 is 10.0 Å². The second-order valence-electron chi connectivity index (χ2n) is 5.21. The molecule has 1 amide bonds. The number of hydrogen-bond donors (Lipinski definition) is 0. The van der Waals surface area contributed by atoms with Crippen LogP contribution in [-0.2, 0) is 26.0 Å². The number of nitrogens with zero attached hydrogens (tertiary/aromatic N) is 2. The number of benzene rings is 1. The van der Waals surface area contributed by atoms with Crippen LogP contribution in [0.15, 0.2) is 24.3 Å². The average molecular weight is 312 g/mol. The van der Waals surface area contributed by atoms with Crippen molar-refractivity contribution in [3.63, 3.8) is 0 Å². The van der Waals surface area contributed by atoms with E-state index in [1.807, 2.05) is 24.3 Å². The van der Waals surface area contributed by atoms with Gasteiger partial charge in [0.15, 0.2) is 0 Å². The lowest BCUT2D eigenvalue weighted by Crippen LogP contribution is -2.47. The first-order valence-corrected chi connectivity index (χ1v) is 8.50. The molecule has 1 atom stereocenters. The summed E-state index contributed by atoms with van der Waals surface area (Å²) >= 11 is 0. The average Bonchev–Trinajstić information content (AvgIpc) is 2.44. The summed E-state index contributed by atoms with van der Waals surface area (Å²) in [5, 5.41) is 0. The van der Waals surface area contributed by atoms with Crippen LogP contribution in [0.1, 0.15) is 5.56 Å². The molecule has 21 heavy (non-hydrogen) atoms. The number of ether oxygens (including phenoxy) is 1. The lowest BCUT2D eigenvalue weighted by Gasteiger charge is -2.34. The highest BCUT2D eigenvalue weighted by Gasteiger charge is 2.29. The number of methoxy groups -OCH3 is 1. The number of likely N-dealkylation sites (N-methyl/N-ethyl adjacent to an activating group) is 1. The van der Waals surface area contributed by atoms with Crippen LogP contribution in [0.3, 0.4) is 0 Å². The number of sulfonamides is 1. The number of carbonyl (C=O) groups excluding carboxylic acids is 1. The van der Waals surface area contributed by atoms with Crippen molar-refractivity contribution in [1.29, 1.82) is 0 Å². The predicted octanol–water partition coefficient (Wildman–Crippen LogP) is 0.482. The van der Waals surface area contributed by atoms with Crippen LogP contribution >= 0.6 is 0 Å². The van der Waals surface area contributed by atoms with E-state index in [-0.39, 0.29) is 18.6 Å². The van der Waals surface area contributed by atoms with Crippen LogP contribution in [0.5, 0.6) is 0 Å². The van der Waals surface area contributed by atoms with Crippen LogP contribution in [0.25, 0.3) is 0 Å². The van der Waals surface area contributed by atoms with Gasteiger partial charge in [-0.25, -0.2) is 8.42 Å². The lowest BCUT2D eigenvalue weighted by molar-refractivity contribution is -0.119. The first-order valence-electron chi connectivity index (χ1n) is 6.65. The van der Waals surface area contributed by atoms with Gasteiger partial charge in [-0.1, -0.05) is 18.2 Å². The highest BCUT2D eigenvalue weighted by atomic mass is 32.2. The molecule has 0 aliphatic carbocycles. The number of rotatable bonds is 4. The molecule has 0 N–H and O–H groups in total. The van der Waals surface area contributed by atoms with E-state index in [4.69, 9.17) is 4.74 Å². The number of hydrogen-bond acceptors (Lipinski definition) is 4. The Hall–Kier alpha value is -1.44. The summed E-state index contributed by atoms with van der Waals surface area (Å²) in [6.45, 7) is 0.257. The van der Waals surface area contributed by atoms with Gasteiger partial charge in [-0.15, -0.1) is 0 Å². The van der Waals surface area contributed by atoms with Crippen molar-refractivity contribution < 1.29 is 17.9 Å². The van der Waals surface area contributed by atoms with E-state index in [0.717, 1.165) is 28.2 Å². The predicted molar refractivity (Wildman–Crippen MR) is 80.8 cm³/mol. The minimum atomic E-state index is -3.38. The van der Waals surface area contributed by atoms with E-state index in [1.165, 1.54) is 7.05 Å². The standard InChI is InChI=1S/C14H20N2O4S/c1-15(21(3,18)19)10-14(17)16-9-12(20-2)8-11-6-4-5-7-13(11)16/h4-7,12H,8-10H2,1-3H3. The highest BCUT2D eigenvalue weighted by Crippen LogP contribution is 2.28.